The third kappa shape index (κ3) is 5.02. The van der Waals surface area contributed by atoms with Crippen LogP contribution in [0.3, 0.4) is 0 Å². The van der Waals surface area contributed by atoms with E-state index in [0.29, 0.717) is 10.2 Å². The zero-order valence-corrected chi connectivity index (χ0v) is 18.7. The van der Waals surface area contributed by atoms with Gasteiger partial charge in [0.15, 0.2) is 5.16 Å². The first-order valence-corrected chi connectivity index (χ1v) is 11.5. The van der Waals surface area contributed by atoms with Gasteiger partial charge in [-0.1, -0.05) is 47.6 Å². The molecular formula is C22H23ClFN5OS. The van der Waals surface area contributed by atoms with E-state index in [-0.39, 0.29) is 23.5 Å². The van der Waals surface area contributed by atoms with E-state index in [1.165, 1.54) is 23.9 Å². The highest BCUT2D eigenvalue weighted by molar-refractivity contribution is 7.99. The highest BCUT2D eigenvalue weighted by Crippen LogP contribution is 2.31. The van der Waals surface area contributed by atoms with Crippen molar-refractivity contribution in [2.24, 2.45) is 0 Å². The number of nitrogens with zero attached hydrogens (tertiary/aromatic N) is 4. The third-order valence-corrected chi connectivity index (χ3v) is 6.43. The number of halogens is 2. The van der Waals surface area contributed by atoms with Crippen LogP contribution in [0.2, 0.25) is 5.02 Å². The lowest BCUT2D eigenvalue weighted by Crippen LogP contribution is -2.28. The largest absolute Gasteiger partial charge is 0.349 e. The van der Waals surface area contributed by atoms with E-state index in [2.05, 4.69) is 20.4 Å². The number of hydrogen-bond acceptors (Lipinski definition) is 5. The second-order valence-electron chi connectivity index (χ2n) is 7.39. The number of aromatic nitrogens is 3. The molecule has 1 saturated heterocycles. The summed E-state index contributed by atoms with van der Waals surface area (Å²) in [5.74, 6) is 0.477. The van der Waals surface area contributed by atoms with Gasteiger partial charge in [0.2, 0.25) is 11.9 Å². The normalized spacial score (nSPS) is 14.6. The van der Waals surface area contributed by atoms with E-state index in [0.717, 1.165) is 43.1 Å². The van der Waals surface area contributed by atoms with Crippen molar-refractivity contribution in [2.45, 2.75) is 31.0 Å². The molecule has 1 amide bonds. The van der Waals surface area contributed by atoms with Gasteiger partial charge >= 0.3 is 0 Å². The standard InChI is InChI=1S/C22H23ClFN5OS/c1-15(16-8-10-17(24)11-9-16)25-20(30)14-31-22-27-26-21(28-12-4-5-13-28)29(22)19-7-3-2-6-18(19)23/h2-3,6-11,15H,4-5,12-14H2,1H3,(H,25,30). The summed E-state index contributed by atoms with van der Waals surface area (Å²) in [5, 5.41) is 12.9. The average molecular weight is 460 g/mol. The number of para-hydroxylation sites is 1. The predicted octanol–water partition coefficient (Wildman–Crippen LogP) is 4.63. The Hall–Kier alpha value is -2.58. The van der Waals surface area contributed by atoms with Crippen LogP contribution in [0.25, 0.3) is 5.69 Å². The molecule has 0 aliphatic carbocycles. The summed E-state index contributed by atoms with van der Waals surface area (Å²) >= 11 is 7.78. The van der Waals surface area contributed by atoms with Crippen LogP contribution in [-0.2, 0) is 4.79 Å². The van der Waals surface area contributed by atoms with Gasteiger partial charge in [0.05, 0.1) is 22.5 Å². The van der Waals surface area contributed by atoms with Gasteiger partial charge in [0.25, 0.3) is 0 Å². The zero-order valence-electron chi connectivity index (χ0n) is 17.1. The number of anilines is 1. The van der Waals surface area contributed by atoms with Gasteiger partial charge in [-0.3, -0.25) is 9.36 Å². The van der Waals surface area contributed by atoms with E-state index in [1.807, 2.05) is 35.8 Å². The van der Waals surface area contributed by atoms with Gasteiger partial charge in [0.1, 0.15) is 5.82 Å². The molecule has 0 radical (unpaired) electrons. The van der Waals surface area contributed by atoms with Crippen molar-refractivity contribution in [2.75, 3.05) is 23.7 Å². The smallest absolute Gasteiger partial charge is 0.232 e. The van der Waals surface area contributed by atoms with Crippen molar-refractivity contribution < 1.29 is 9.18 Å². The van der Waals surface area contributed by atoms with Crippen molar-refractivity contribution in [3.05, 3.63) is 64.9 Å². The molecule has 1 atom stereocenters. The van der Waals surface area contributed by atoms with Gasteiger partial charge < -0.3 is 10.2 Å². The van der Waals surface area contributed by atoms with Crippen molar-refractivity contribution in [1.82, 2.24) is 20.1 Å². The lowest BCUT2D eigenvalue weighted by atomic mass is 10.1. The van der Waals surface area contributed by atoms with Gasteiger partial charge in [0, 0.05) is 13.1 Å². The Morgan fingerprint density at radius 1 is 1.16 bits per heavy atom. The van der Waals surface area contributed by atoms with Crippen LogP contribution in [0.5, 0.6) is 0 Å². The molecule has 6 nitrogen and oxygen atoms in total. The maximum absolute atomic E-state index is 13.1. The topological polar surface area (TPSA) is 63.1 Å². The lowest BCUT2D eigenvalue weighted by Gasteiger charge is -2.19. The summed E-state index contributed by atoms with van der Waals surface area (Å²) in [4.78, 5) is 14.7. The Kier molecular flexibility index (Phi) is 6.77. The number of rotatable bonds is 7. The fraction of sp³-hybridized carbons (Fsp3) is 0.318. The molecule has 2 aromatic carbocycles. The number of amides is 1. The predicted molar refractivity (Wildman–Crippen MR) is 121 cm³/mol. The molecule has 0 bridgehead atoms. The molecule has 162 valence electrons. The first-order chi connectivity index (χ1) is 15.0. The minimum Gasteiger partial charge on any atom is -0.349 e. The SMILES string of the molecule is CC(NC(=O)CSc1nnc(N2CCCC2)n1-c1ccccc1Cl)c1ccc(F)cc1. The summed E-state index contributed by atoms with van der Waals surface area (Å²) in [6.45, 7) is 3.71. The molecule has 9 heteroatoms. The summed E-state index contributed by atoms with van der Waals surface area (Å²) < 4.78 is 15.0. The van der Waals surface area contributed by atoms with E-state index in [1.54, 1.807) is 12.1 Å². The Morgan fingerprint density at radius 3 is 2.58 bits per heavy atom. The van der Waals surface area contributed by atoms with Crippen LogP contribution in [0.15, 0.2) is 53.7 Å². The summed E-state index contributed by atoms with van der Waals surface area (Å²) in [7, 11) is 0. The molecule has 1 aliphatic heterocycles. The van der Waals surface area contributed by atoms with Gasteiger partial charge in [-0.05, 0) is 49.6 Å². The fourth-order valence-electron chi connectivity index (χ4n) is 3.57. The number of hydrogen-bond donors (Lipinski definition) is 1. The van der Waals surface area contributed by atoms with E-state index in [4.69, 9.17) is 11.6 Å². The highest BCUT2D eigenvalue weighted by atomic mass is 35.5. The number of thioether (sulfide) groups is 1. The van der Waals surface area contributed by atoms with Gasteiger partial charge in [-0.2, -0.15) is 0 Å². The van der Waals surface area contributed by atoms with Crippen molar-refractivity contribution in [3.63, 3.8) is 0 Å². The van der Waals surface area contributed by atoms with Crippen LogP contribution >= 0.6 is 23.4 Å². The van der Waals surface area contributed by atoms with Crippen molar-refractivity contribution >= 4 is 35.2 Å². The molecule has 1 N–H and O–H groups in total. The van der Waals surface area contributed by atoms with E-state index < -0.39 is 0 Å². The summed E-state index contributed by atoms with van der Waals surface area (Å²) in [6.07, 6.45) is 2.23. The molecule has 4 rings (SSSR count). The van der Waals surface area contributed by atoms with E-state index >= 15 is 0 Å². The minimum atomic E-state index is -0.300. The molecule has 0 spiro atoms. The van der Waals surface area contributed by atoms with Crippen LogP contribution < -0.4 is 10.2 Å². The van der Waals surface area contributed by atoms with Crippen LogP contribution in [0.1, 0.15) is 31.4 Å². The second-order valence-corrected chi connectivity index (χ2v) is 8.74. The molecule has 1 unspecified atom stereocenters. The maximum Gasteiger partial charge on any atom is 0.232 e. The number of carbonyl (C=O) groups is 1. The zero-order chi connectivity index (χ0) is 21.8. The summed E-state index contributed by atoms with van der Waals surface area (Å²) in [6, 6.07) is 13.4. The average Bonchev–Trinajstić information content (AvgIpc) is 3.43. The molecule has 1 aliphatic rings. The number of carbonyl (C=O) groups excluding carboxylic acids is 1. The molecule has 3 aromatic rings. The second kappa shape index (κ2) is 9.70. The Labute approximate surface area is 189 Å². The van der Waals surface area contributed by atoms with Crippen LogP contribution in [0.4, 0.5) is 10.3 Å². The van der Waals surface area contributed by atoms with Crippen molar-refractivity contribution in [1.29, 1.82) is 0 Å². The molecule has 0 saturated carbocycles. The molecule has 2 heterocycles. The minimum absolute atomic E-state index is 0.141. The molecular weight excluding hydrogens is 437 g/mol. The van der Waals surface area contributed by atoms with Gasteiger partial charge in [-0.25, -0.2) is 4.39 Å². The highest BCUT2D eigenvalue weighted by Gasteiger charge is 2.24. The van der Waals surface area contributed by atoms with Gasteiger partial charge in [-0.15, -0.1) is 10.2 Å². The number of benzene rings is 2. The first-order valence-electron chi connectivity index (χ1n) is 10.2. The third-order valence-electron chi connectivity index (χ3n) is 5.18. The quantitative estimate of drug-likeness (QED) is 0.522. The monoisotopic (exact) mass is 459 g/mol. The van der Waals surface area contributed by atoms with Crippen LogP contribution in [-0.4, -0.2) is 39.5 Å². The fourth-order valence-corrected chi connectivity index (χ4v) is 4.54. The van der Waals surface area contributed by atoms with Crippen molar-refractivity contribution in [3.8, 4) is 5.69 Å². The summed E-state index contributed by atoms with van der Waals surface area (Å²) in [5.41, 5.74) is 1.63. The Balaban J connectivity index is 1.50. The molecule has 31 heavy (non-hydrogen) atoms. The molecule has 1 fully saturated rings. The molecule has 1 aromatic heterocycles. The Bertz CT molecular complexity index is 1050. The lowest BCUT2D eigenvalue weighted by molar-refractivity contribution is -0.119. The number of nitrogens with one attached hydrogen (secondary N) is 1. The Morgan fingerprint density at radius 2 is 1.87 bits per heavy atom. The maximum atomic E-state index is 13.1. The first kappa shape index (κ1) is 21.6. The van der Waals surface area contributed by atoms with E-state index in [9.17, 15) is 9.18 Å². The van der Waals surface area contributed by atoms with Crippen LogP contribution in [0, 0.1) is 5.82 Å².